The standard InChI is InChI=1S/C13H18N2O3/c1-8-6-14-7-10(8)13(17)15-9-3-4-12(18-2)11(16)5-9/h3-5,8,10,14,16H,6-7H2,1-2H3,(H,15,17). The smallest absolute Gasteiger partial charge is 0.229 e. The number of rotatable bonds is 3. The van der Waals surface area contributed by atoms with Gasteiger partial charge in [0.2, 0.25) is 5.91 Å². The lowest BCUT2D eigenvalue weighted by Gasteiger charge is -2.14. The van der Waals surface area contributed by atoms with E-state index in [1.165, 1.54) is 13.2 Å². The van der Waals surface area contributed by atoms with Crippen molar-refractivity contribution in [1.29, 1.82) is 0 Å². The number of aromatic hydroxyl groups is 1. The minimum Gasteiger partial charge on any atom is -0.504 e. The second kappa shape index (κ2) is 5.27. The Balaban J connectivity index is 2.05. The maximum absolute atomic E-state index is 12.0. The lowest BCUT2D eigenvalue weighted by molar-refractivity contribution is -0.120. The molecular formula is C13H18N2O3. The van der Waals surface area contributed by atoms with Crippen LogP contribution in [0.2, 0.25) is 0 Å². The van der Waals surface area contributed by atoms with Crippen molar-refractivity contribution in [3.8, 4) is 11.5 Å². The van der Waals surface area contributed by atoms with Crippen molar-refractivity contribution in [2.45, 2.75) is 6.92 Å². The molecule has 0 saturated carbocycles. The lowest BCUT2D eigenvalue weighted by Crippen LogP contribution is -2.27. The molecule has 2 atom stereocenters. The van der Waals surface area contributed by atoms with Crippen molar-refractivity contribution < 1.29 is 14.6 Å². The van der Waals surface area contributed by atoms with E-state index in [4.69, 9.17) is 4.74 Å². The number of phenols is 1. The Morgan fingerprint density at radius 2 is 2.28 bits per heavy atom. The van der Waals surface area contributed by atoms with Crippen LogP contribution >= 0.6 is 0 Å². The number of ether oxygens (including phenoxy) is 1. The number of phenolic OH excluding ortho intramolecular Hbond substituents is 1. The predicted molar refractivity (Wildman–Crippen MR) is 68.8 cm³/mol. The topological polar surface area (TPSA) is 70.6 Å². The van der Waals surface area contributed by atoms with Gasteiger partial charge in [0.1, 0.15) is 0 Å². The average molecular weight is 250 g/mol. The van der Waals surface area contributed by atoms with Crippen molar-refractivity contribution >= 4 is 11.6 Å². The normalized spacial score (nSPS) is 22.8. The summed E-state index contributed by atoms with van der Waals surface area (Å²) in [6, 6.07) is 4.83. The van der Waals surface area contributed by atoms with Gasteiger partial charge in [-0.25, -0.2) is 0 Å². The maximum atomic E-state index is 12.0. The summed E-state index contributed by atoms with van der Waals surface area (Å²) in [5, 5.41) is 15.6. The summed E-state index contributed by atoms with van der Waals surface area (Å²) in [6.07, 6.45) is 0. The molecule has 1 aromatic carbocycles. The van der Waals surface area contributed by atoms with Gasteiger partial charge in [-0.15, -0.1) is 0 Å². The van der Waals surface area contributed by atoms with Crippen molar-refractivity contribution in [2.75, 3.05) is 25.5 Å². The Bertz CT molecular complexity index is 448. The molecule has 1 saturated heterocycles. The molecule has 1 aromatic rings. The van der Waals surface area contributed by atoms with Crippen molar-refractivity contribution in [1.82, 2.24) is 5.32 Å². The molecule has 98 valence electrons. The molecule has 1 heterocycles. The first-order valence-corrected chi connectivity index (χ1v) is 6.00. The summed E-state index contributed by atoms with van der Waals surface area (Å²) in [7, 11) is 1.49. The third-order valence-corrected chi connectivity index (χ3v) is 3.30. The molecule has 0 bridgehead atoms. The Morgan fingerprint density at radius 1 is 1.50 bits per heavy atom. The van der Waals surface area contributed by atoms with Gasteiger partial charge in [0.25, 0.3) is 0 Å². The highest BCUT2D eigenvalue weighted by Gasteiger charge is 2.29. The number of benzene rings is 1. The number of anilines is 1. The van der Waals surface area contributed by atoms with E-state index >= 15 is 0 Å². The van der Waals surface area contributed by atoms with E-state index in [2.05, 4.69) is 17.6 Å². The second-order valence-corrected chi connectivity index (χ2v) is 4.62. The Kier molecular flexibility index (Phi) is 3.72. The van der Waals surface area contributed by atoms with Gasteiger partial charge < -0.3 is 20.5 Å². The number of hydrogen-bond acceptors (Lipinski definition) is 4. The summed E-state index contributed by atoms with van der Waals surface area (Å²) in [5.41, 5.74) is 0.581. The van der Waals surface area contributed by atoms with Gasteiger partial charge in [-0.2, -0.15) is 0 Å². The molecule has 5 heteroatoms. The summed E-state index contributed by atoms with van der Waals surface area (Å²) >= 11 is 0. The molecule has 0 radical (unpaired) electrons. The summed E-state index contributed by atoms with van der Waals surface area (Å²) in [5.74, 6) is 0.708. The molecule has 1 amide bonds. The quantitative estimate of drug-likeness (QED) is 0.753. The average Bonchev–Trinajstić information content (AvgIpc) is 2.76. The fourth-order valence-electron chi connectivity index (χ4n) is 2.16. The Morgan fingerprint density at radius 3 is 2.83 bits per heavy atom. The van der Waals surface area contributed by atoms with Crippen LogP contribution in [0.25, 0.3) is 0 Å². The molecule has 2 rings (SSSR count). The summed E-state index contributed by atoms with van der Waals surface area (Å²) < 4.78 is 4.95. The van der Waals surface area contributed by atoms with E-state index in [0.717, 1.165) is 6.54 Å². The van der Waals surface area contributed by atoms with Gasteiger partial charge in [-0.3, -0.25) is 4.79 Å². The summed E-state index contributed by atoms with van der Waals surface area (Å²) in [4.78, 5) is 12.0. The van der Waals surface area contributed by atoms with Gasteiger partial charge in [0.05, 0.1) is 13.0 Å². The first-order chi connectivity index (χ1) is 8.61. The van der Waals surface area contributed by atoms with Gasteiger partial charge in [-0.1, -0.05) is 6.92 Å². The largest absolute Gasteiger partial charge is 0.504 e. The first-order valence-electron chi connectivity index (χ1n) is 6.00. The van der Waals surface area contributed by atoms with Crippen LogP contribution in [0.1, 0.15) is 6.92 Å². The molecule has 18 heavy (non-hydrogen) atoms. The van der Waals surface area contributed by atoms with Crippen LogP contribution in [-0.2, 0) is 4.79 Å². The predicted octanol–water partition coefficient (Wildman–Crippen LogP) is 1.19. The van der Waals surface area contributed by atoms with Crippen molar-refractivity contribution in [3.63, 3.8) is 0 Å². The molecule has 2 unspecified atom stereocenters. The minimum absolute atomic E-state index is 0.0166. The van der Waals surface area contributed by atoms with E-state index in [1.807, 2.05) is 0 Å². The highest BCUT2D eigenvalue weighted by molar-refractivity contribution is 5.93. The Labute approximate surface area is 106 Å². The van der Waals surface area contributed by atoms with E-state index < -0.39 is 0 Å². The number of carbonyl (C=O) groups excluding carboxylic acids is 1. The van der Waals surface area contributed by atoms with Crippen molar-refractivity contribution in [3.05, 3.63) is 18.2 Å². The Hall–Kier alpha value is -1.75. The second-order valence-electron chi connectivity index (χ2n) is 4.62. The fourth-order valence-corrected chi connectivity index (χ4v) is 2.16. The van der Waals surface area contributed by atoms with Crippen LogP contribution in [0.5, 0.6) is 11.5 Å². The van der Waals surface area contributed by atoms with Crippen LogP contribution in [0.4, 0.5) is 5.69 Å². The monoisotopic (exact) mass is 250 g/mol. The molecule has 0 aromatic heterocycles. The molecule has 0 aliphatic carbocycles. The summed E-state index contributed by atoms with van der Waals surface area (Å²) in [6.45, 7) is 3.62. The molecule has 5 nitrogen and oxygen atoms in total. The number of nitrogens with one attached hydrogen (secondary N) is 2. The van der Waals surface area contributed by atoms with Gasteiger partial charge in [-0.05, 0) is 24.6 Å². The maximum Gasteiger partial charge on any atom is 0.229 e. The molecular weight excluding hydrogens is 232 g/mol. The lowest BCUT2D eigenvalue weighted by atomic mass is 9.97. The number of carbonyl (C=O) groups is 1. The highest BCUT2D eigenvalue weighted by atomic mass is 16.5. The first kappa shape index (κ1) is 12.7. The number of amides is 1. The molecule has 3 N–H and O–H groups in total. The van der Waals surface area contributed by atoms with E-state index in [0.29, 0.717) is 23.9 Å². The molecule has 1 aliphatic rings. The molecule has 1 fully saturated rings. The van der Waals surface area contributed by atoms with E-state index in [9.17, 15) is 9.90 Å². The van der Waals surface area contributed by atoms with Crippen LogP contribution < -0.4 is 15.4 Å². The fraction of sp³-hybridized carbons (Fsp3) is 0.462. The van der Waals surface area contributed by atoms with Gasteiger partial charge in [0, 0.05) is 18.3 Å². The van der Waals surface area contributed by atoms with Gasteiger partial charge >= 0.3 is 0 Å². The zero-order valence-electron chi connectivity index (χ0n) is 10.6. The van der Waals surface area contributed by atoms with Crippen LogP contribution in [0, 0.1) is 11.8 Å². The molecule has 0 spiro atoms. The van der Waals surface area contributed by atoms with Gasteiger partial charge in [0.15, 0.2) is 11.5 Å². The van der Waals surface area contributed by atoms with E-state index in [-0.39, 0.29) is 17.6 Å². The zero-order valence-corrected chi connectivity index (χ0v) is 10.6. The highest BCUT2D eigenvalue weighted by Crippen LogP contribution is 2.29. The van der Waals surface area contributed by atoms with Crippen LogP contribution in [0.3, 0.4) is 0 Å². The third-order valence-electron chi connectivity index (χ3n) is 3.30. The van der Waals surface area contributed by atoms with Crippen LogP contribution in [0.15, 0.2) is 18.2 Å². The molecule has 1 aliphatic heterocycles. The van der Waals surface area contributed by atoms with Crippen LogP contribution in [-0.4, -0.2) is 31.2 Å². The van der Waals surface area contributed by atoms with Crippen molar-refractivity contribution in [2.24, 2.45) is 11.8 Å². The van der Waals surface area contributed by atoms with E-state index in [1.54, 1.807) is 12.1 Å². The third kappa shape index (κ3) is 2.56. The number of hydrogen-bond donors (Lipinski definition) is 3. The zero-order chi connectivity index (χ0) is 13.1. The number of methoxy groups -OCH3 is 1. The minimum atomic E-state index is -0.0192. The SMILES string of the molecule is COc1ccc(NC(=O)C2CNCC2C)cc1O.